The van der Waals surface area contributed by atoms with Crippen LogP contribution in [0.15, 0.2) is 5.16 Å². The van der Waals surface area contributed by atoms with E-state index in [1.54, 1.807) is 11.8 Å². The van der Waals surface area contributed by atoms with Gasteiger partial charge in [0.15, 0.2) is 5.16 Å². The van der Waals surface area contributed by atoms with Gasteiger partial charge in [0.05, 0.1) is 5.69 Å². The highest BCUT2D eigenvalue weighted by molar-refractivity contribution is 7.98. The lowest BCUT2D eigenvalue weighted by Gasteiger charge is -2.37. The van der Waals surface area contributed by atoms with Crippen LogP contribution in [0.3, 0.4) is 0 Å². The predicted octanol–water partition coefficient (Wildman–Crippen LogP) is 2.60. The zero-order valence-corrected chi connectivity index (χ0v) is 17.0. The molecule has 0 amide bonds. The number of hydrogen-bond donors (Lipinski definition) is 0. The van der Waals surface area contributed by atoms with Crippen LogP contribution in [-0.2, 0) is 25.7 Å². The third-order valence-electron chi connectivity index (χ3n) is 5.98. The molecule has 7 heteroatoms. The molecular weight excluding hydrogens is 356 g/mol. The number of piperazine rings is 1. The Labute approximate surface area is 164 Å². The zero-order valence-electron chi connectivity index (χ0n) is 16.2. The van der Waals surface area contributed by atoms with Crippen molar-refractivity contribution in [3.8, 4) is 0 Å². The van der Waals surface area contributed by atoms with Crippen molar-refractivity contribution >= 4 is 23.4 Å². The Morgan fingerprint density at radius 1 is 0.704 bits per heavy atom. The molecule has 1 saturated heterocycles. The fourth-order valence-electron chi connectivity index (χ4n) is 4.67. The van der Waals surface area contributed by atoms with Gasteiger partial charge in [-0.05, 0) is 51.7 Å². The van der Waals surface area contributed by atoms with Crippen molar-refractivity contribution < 1.29 is 0 Å². The molecule has 3 heterocycles. The second kappa shape index (κ2) is 6.93. The maximum Gasteiger partial charge on any atom is 0.189 e. The van der Waals surface area contributed by atoms with E-state index in [1.807, 2.05) is 6.92 Å². The van der Waals surface area contributed by atoms with Gasteiger partial charge >= 0.3 is 0 Å². The molecule has 6 nitrogen and oxygen atoms in total. The van der Waals surface area contributed by atoms with E-state index in [4.69, 9.17) is 15.0 Å². The van der Waals surface area contributed by atoms with Crippen LogP contribution in [0, 0.1) is 6.92 Å². The SMILES string of the molecule is CSc1nc2c(c(N3CCN(c4nc(C)nc5c4CCC5)CC3)n1)CCC2. The van der Waals surface area contributed by atoms with E-state index in [-0.39, 0.29) is 0 Å². The lowest BCUT2D eigenvalue weighted by atomic mass is 10.2. The Bertz CT molecular complexity index is 875. The number of fused-ring (bicyclic) bond motifs is 2. The van der Waals surface area contributed by atoms with Gasteiger partial charge in [-0.25, -0.2) is 19.9 Å². The van der Waals surface area contributed by atoms with Crippen LogP contribution in [-0.4, -0.2) is 52.4 Å². The minimum absolute atomic E-state index is 0.909. The molecule has 1 fully saturated rings. The van der Waals surface area contributed by atoms with Crippen LogP contribution in [0.5, 0.6) is 0 Å². The van der Waals surface area contributed by atoms with Crippen LogP contribution in [0.25, 0.3) is 0 Å². The summed E-state index contributed by atoms with van der Waals surface area (Å²) >= 11 is 1.65. The summed E-state index contributed by atoms with van der Waals surface area (Å²) < 4.78 is 0. The molecule has 0 saturated carbocycles. The topological polar surface area (TPSA) is 58.0 Å². The van der Waals surface area contributed by atoms with E-state index in [0.29, 0.717) is 0 Å². The van der Waals surface area contributed by atoms with E-state index in [1.165, 1.54) is 47.0 Å². The van der Waals surface area contributed by atoms with Crippen molar-refractivity contribution in [1.82, 2.24) is 19.9 Å². The number of nitrogens with zero attached hydrogens (tertiary/aromatic N) is 6. The average Bonchev–Trinajstić information content (AvgIpc) is 3.35. The van der Waals surface area contributed by atoms with Crippen LogP contribution in [0.2, 0.25) is 0 Å². The monoisotopic (exact) mass is 382 g/mol. The number of thioether (sulfide) groups is 1. The molecule has 142 valence electrons. The first-order valence-corrected chi connectivity index (χ1v) is 11.3. The molecule has 27 heavy (non-hydrogen) atoms. The smallest absolute Gasteiger partial charge is 0.189 e. The Balaban J connectivity index is 1.38. The Morgan fingerprint density at radius 2 is 1.26 bits per heavy atom. The van der Waals surface area contributed by atoms with Crippen LogP contribution >= 0.6 is 11.8 Å². The van der Waals surface area contributed by atoms with Crippen LogP contribution < -0.4 is 9.80 Å². The minimum atomic E-state index is 0.909. The van der Waals surface area contributed by atoms with Crippen LogP contribution in [0.1, 0.15) is 41.2 Å². The number of aromatic nitrogens is 4. The third kappa shape index (κ3) is 3.06. The lowest BCUT2D eigenvalue weighted by molar-refractivity contribution is 0.631. The molecule has 2 aromatic rings. The van der Waals surface area contributed by atoms with Gasteiger partial charge in [-0.3, -0.25) is 0 Å². The second-order valence-electron chi connectivity index (χ2n) is 7.66. The fourth-order valence-corrected chi connectivity index (χ4v) is 5.05. The average molecular weight is 383 g/mol. The fraction of sp³-hybridized carbons (Fsp3) is 0.600. The lowest BCUT2D eigenvalue weighted by Crippen LogP contribution is -2.48. The van der Waals surface area contributed by atoms with E-state index < -0.39 is 0 Å². The second-order valence-corrected chi connectivity index (χ2v) is 8.43. The van der Waals surface area contributed by atoms with E-state index in [9.17, 15) is 0 Å². The summed E-state index contributed by atoms with van der Waals surface area (Å²) in [6, 6.07) is 0. The molecule has 2 aliphatic carbocycles. The Morgan fingerprint density at radius 3 is 1.85 bits per heavy atom. The largest absolute Gasteiger partial charge is 0.353 e. The van der Waals surface area contributed by atoms with E-state index >= 15 is 0 Å². The summed E-state index contributed by atoms with van der Waals surface area (Å²) in [5, 5.41) is 0.914. The normalized spacial score (nSPS) is 18.7. The van der Waals surface area contributed by atoms with Crippen LogP contribution in [0.4, 0.5) is 11.6 Å². The molecule has 0 radical (unpaired) electrons. The van der Waals surface area contributed by atoms with E-state index in [2.05, 4.69) is 21.0 Å². The third-order valence-corrected chi connectivity index (χ3v) is 6.52. The number of rotatable bonds is 3. The van der Waals surface area contributed by atoms with Gasteiger partial charge < -0.3 is 9.80 Å². The molecule has 0 aromatic carbocycles. The first kappa shape index (κ1) is 17.2. The predicted molar refractivity (Wildman–Crippen MR) is 109 cm³/mol. The van der Waals surface area contributed by atoms with Gasteiger partial charge in [0.25, 0.3) is 0 Å². The summed E-state index contributed by atoms with van der Waals surface area (Å²) in [5.74, 6) is 3.28. The van der Waals surface area contributed by atoms with Gasteiger partial charge in [0.2, 0.25) is 0 Å². The number of hydrogen-bond acceptors (Lipinski definition) is 7. The maximum absolute atomic E-state index is 4.89. The molecule has 0 spiro atoms. The standard InChI is InChI=1S/C20H26N6S/c1-13-21-16-7-3-5-14(16)18(22-13)25-9-11-26(12-10-25)19-15-6-4-8-17(15)23-20(24-19)27-2/h3-12H2,1-2H3. The highest BCUT2D eigenvalue weighted by Gasteiger charge is 2.28. The first-order chi connectivity index (χ1) is 13.2. The molecule has 3 aliphatic rings. The van der Waals surface area contributed by atoms with E-state index in [0.717, 1.165) is 62.8 Å². The molecule has 0 N–H and O–H groups in total. The highest BCUT2D eigenvalue weighted by Crippen LogP contribution is 2.33. The van der Waals surface area contributed by atoms with Crippen molar-refractivity contribution in [2.24, 2.45) is 0 Å². The first-order valence-electron chi connectivity index (χ1n) is 10.0. The van der Waals surface area contributed by atoms with Gasteiger partial charge in [0.1, 0.15) is 17.5 Å². The quantitative estimate of drug-likeness (QED) is 0.597. The van der Waals surface area contributed by atoms with Gasteiger partial charge in [-0.2, -0.15) is 0 Å². The van der Waals surface area contributed by atoms with Gasteiger partial charge in [-0.15, -0.1) is 0 Å². The molecule has 2 aromatic heterocycles. The minimum Gasteiger partial charge on any atom is -0.353 e. The van der Waals surface area contributed by atoms with Crippen molar-refractivity contribution in [3.05, 3.63) is 28.3 Å². The molecule has 0 atom stereocenters. The highest BCUT2D eigenvalue weighted by atomic mass is 32.2. The Kier molecular flexibility index (Phi) is 4.42. The summed E-state index contributed by atoms with van der Waals surface area (Å²) in [6.45, 7) is 6.00. The summed E-state index contributed by atoms with van der Waals surface area (Å²) in [6.07, 6.45) is 8.95. The molecule has 5 rings (SSSR count). The molecule has 0 unspecified atom stereocenters. The van der Waals surface area contributed by atoms with Gasteiger partial charge in [-0.1, -0.05) is 11.8 Å². The Hall–Kier alpha value is -1.89. The zero-order chi connectivity index (χ0) is 18.4. The maximum atomic E-state index is 4.89. The molecule has 1 aliphatic heterocycles. The van der Waals surface area contributed by atoms with Crippen molar-refractivity contribution in [1.29, 1.82) is 0 Å². The summed E-state index contributed by atoms with van der Waals surface area (Å²) in [7, 11) is 0. The van der Waals surface area contributed by atoms with Gasteiger partial charge in [0, 0.05) is 43.0 Å². The summed E-state index contributed by atoms with van der Waals surface area (Å²) in [5.41, 5.74) is 5.33. The van der Waals surface area contributed by atoms with Crippen molar-refractivity contribution in [2.75, 3.05) is 42.2 Å². The van der Waals surface area contributed by atoms with Crippen molar-refractivity contribution in [3.63, 3.8) is 0 Å². The summed E-state index contributed by atoms with van der Waals surface area (Å²) in [4.78, 5) is 24.0. The molecular formula is C20H26N6S. The number of anilines is 2. The van der Waals surface area contributed by atoms with Crippen molar-refractivity contribution in [2.45, 2.75) is 50.6 Å². The molecule has 0 bridgehead atoms. The number of aryl methyl sites for hydroxylation is 3.